The molecule has 0 amide bonds. The standard InChI is InChI=1S/C26H36N6OS/c1-4-6-8-11-24-21(3)29-26(34-24)33-23-15-13-22(14-16-23)17-20-32(18-7-5-2)19-10-9-12-25(30-27)31-28/h4,6,11,13-16,27H,1,5,7,9-10,12,17-20,28H2,2-3H3/b30-27?,31-25-. The Kier molecular flexibility index (Phi) is 12.6. The van der Waals surface area contributed by atoms with Crippen LogP contribution < -0.4 is 10.6 Å². The van der Waals surface area contributed by atoms with Gasteiger partial charge in [-0.25, -0.2) is 10.5 Å². The van der Waals surface area contributed by atoms with Gasteiger partial charge in [0, 0.05) is 13.0 Å². The molecular weight excluding hydrogens is 444 g/mol. The summed E-state index contributed by atoms with van der Waals surface area (Å²) in [4.78, 5) is 8.04. The number of nitrogens with two attached hydrogens (primary N) is 1. The summed E-state index contributed by atoms with van der Waals surface area (Å²) in [7, 11) is 0. The van der Waals surface area contributed by atoms with Gasteiger partial charge in [0.05, 0.1) is 10.6 Å². The zero-order valence-corrected chi connectivity index (χ0v) is 21.1. The van der Waals surface area contributed by atoms with Crippen molar-refractivity contribution in [1.82, 2.24) is 9.88 Å². The molecule has 8 heteroatoms. The Labute approximate surface area is 207 Å². The summed E-state index contributed by atoms with van der Waals surface area (Å²) >= 11 is 1.50. The topological polar surface area (TPSA) is 100.0 Å². The van der Waals surface area contributed by atoms with Gasteiger partial charge < -0.3 is 15.5 Å². The highest BCUT2D eigenvalue weighted by molar-refractivity contribution is 7.14. The number of thiazole rings is 1. The van der Waals surface area contributed by atoms with Gasteiger partial charge >= 0.3 is 0 Å². The fraction of sp³-hybridized carbons (Fsp3) is 0.423. The number of nitrogens with zero attached hydrogens (tertiary/aromatic N) is 4. The molecule has 1 heterocycles. The molecule has 1 aromatic heterocycles. The second-order valence-corrected chi connectivity index (χ2v) is 8.94. The molecule has 34 heavy (non-hydrogen) atoms. The molecule has 0 radical (unpaired) electrons. The van der Waals surface area contributed by atoms with Crippen LogP contribution in [0, 0.1) is 12.5 Å². The number of ether oxygens (including phenoxy) is 1. The third-order valence-electron chi connectivity index (χ3n) is 5.32. The number of aryl methyl sites for hydroxylation is 1. The minimum Gasteiger partial charge on any atom is -0.431 e. The zero-order valence-electron chi connectivity index (χ0n) is 20.3. The summed E-state index contributed by atoms with van der Waals surface area (Å²) < 4.78 is 5.96. The van der Waals surface area contributed by atoms with Crippen molar-refractivity contribution in [1.29, 1.82) is 5.53 Å². The van der Waals surface area contributed by atoms with E-state index in [4.69, 9.17) is 16.1 Å². The van der Waals surface area contributed by atoms with Gasteiger partial charge in [-0.1, -0.05) is 49.5 Å². The Bertz CT molecular complexity index is 989. The molecule has 0 saturated heterocycles. The second-order valence-electron chi connectivity index (χ2n) is 7.95. The summed E-state index contributed by atoms with van der Waals surface area (Å²) in [6.07, 6.45) is 11.4. The van der Waals surface area contributed by atoms with Crippen LogP contribution in [-0.2, 0) is 6.42 Å². The number of hydrogen-bond donors (Lipinski definition) is 2. The number of nitrogens with one attached hydrogen (secondary N) is 1. The Hall–Kier alpha value is -3.06. The number of hydrogen-bond acceptors (Lipinski definition) is 7. The van der Waals surface area contributed by atoms with Gasteiger partial charge in [0.2, 0.25) is 0 Å². The third-order valence-corrected chi connectivity index (χ3v) is 6.30. The van der Waals surface area contributed by atoms with Gasteiger partial charge in [-0.2, -0.15) is 5.10 Å². The van der Waals surface area contributed by atoms with Crippen molar-refractivity contribution in [2.24, 2.45) is 16.1 Å². The molecule has 0 spiro atoms. The smallest absolute Gasteiger partial charge is 0.279 e. The number of benzene rings is 1. The molecule has 0 aliphatic heterocycles. The van der Waals surface area contributed by atoms with Crippen LogP contribution in [0.5, 0.6) is 10.9 Å². The number of hydrazone groups is 1. The maximum absolute atomic E-state index is 7.04. The minimum atomic E-state index is 0.410. The average molecular weight is 481 g/mol. The lowest BCUT2D eigenvalue weighted by Gasteiger charge is -2.22. The molecule has 0 unspecified atom stereocenters. The van der Waals surface area contributed by atoms with E-state index in [1.807, 2.05) is 25.1 Å². The SMILES string of the molecule is C=CC=C=Cc1sc(Oc2ccc(CCN(CCCC)CCCC/C(N=N)=N/N)cc2)nc1C. The maximum atomic E-state index is 7.04. The van der Waals surface area contributed by atoms with E-state index in [2.05, 4.69) is 51.5 Å². The number of unbranched alkanes of at least 4 members (excludes halogenated alkanes) is 2. The third kappa shape index (κ3) is 9.83. The monoisotopic (exact) mass is 480 g/mol. The van der Waals surface area contributed by atoms with E-state index in [0.29, 0.717) is 17.5 Å². The first-order chi connectivity index (χ1) is 16.6. The molecule has 0 fully saturated rings. The van der Waals surface area contributed by atoms with E-state index < -0.39 is 0 Å². The minimum absolute atomic E-state index is 0.410. The van der Waals surface area contributed by atoms with Crippen molar-refractivity contribution in [2.45, 2.75) is 52.4 Å². The Morgan fingerprint density at radius 3 is 2.68 bits per heavy atom. The molecule has 182 valence electrons. The van der Waals surface area contributed by atoms with Crippen LogP contribution in [0.1, 0.15) is 55.2 Å². The molecule has 7 nitrogen and oxygen atoms in total. The molecule has 0 aliphatic rings. The molecular formula is C26H36N6OS. The number of rotatable bonds is 15. The Morgan fingerprint density at radius 1 is 1.24 bits per heavy atom. The summed E-state index contributed by atoms with van der Waals surface area (Å²) in [6, 6.07) is 8.27. The van der Waals surface area contributed by atoms with E-state index in [1.165, 1.54) is 29.7 Å². The van der Waals surface area contributed by atoms with Crippen LogP contribution in [0.4, 0.5) is 0 Å². The molecule has 2 aromatic rings. The lowest BCUT2D eigenvalue weighted by molar-refractivity contribution is 0.267. The zero-order chi connectivity index (χ0) is 24.6. The first-order valence-electron chi connectivity index (χ1n) is 11.7. The number of allylic oxidation sites excluding steroid dienone is 2. The highest BCUT2D eigenvalue weighted by atomic mass is 32.1. The highest BCUT2D eigenvalue weighted by Crippen LogP contribution is 2.30. The first kappa shape index (κ1) is 27.2. The van der Waals surface area contributed by atoms with Gasteiger partial charge in [-0.3, -0.25) is 0 Å². The van der Waals surface area contributed by atoms with E-state index in [-0.39, 0.29) is 0 Å². The Morgan fingerprint density at radius 2 is 2.00 bits per heavy atom. The summed E-state index contributed by atoms with van der Waals surface area (Å²) in [5, 5.41) is 7.50. The number of amidine groups is 1. The highest BCUT2D eigenvalue weighted by Gasteiger charge is 2.09. The van der Waals surface area contributed by atoms with Gasteiger partial charge in [0.25, 0.3) is 5.19 Å². The lowest BCUT2D eigenvalue weighted by atomic mass is 10.1. The average Bonchev–Trinajstić information content (AvgIpc) is 3.20. The second kappa shape index (κ2) is 15.7. The summed E-state index contributed by atoms with van der Waals surface area (Å²) in [6.45, 7) is 11.0. The number of aromatic nitrogens is 1. The quantitative estimate of drug-likeness (QED) is 0.0432. The van der Waals surface area contributed by atoms with Crippen LogP contribution in [0.2, 0.25) is 0 Å². The normalized spacial score (nSPS) is 11.2. The van der Waals surface area contributed by atoms with Gasteiger partial charge in [0.1, 0.15) is 5.75 Å². The van der Waals surface area contributed by atoms with E-state index in [9.17, 15) is 0 Å². The molecule has 0 bridgehead atoms. The van der Waals surface area contributed by atoms with Crippen molar-refractivity contribution in [3.05, 3.63) is 64.9 Å². The van der Waals surface area contributed by atoms with Crippen molar-refractivity contribution in [2.75, 3.05) is 19.6 Å². The largest absolute Gasteiger partial charge is 0.431 e. The predicted octanol–water partition coefficient (Wildman–Crippen LogP) is 6.72. The molecule has 0 saturated carbocycles. The fourth-order valence-electron chi connectivity index (χ4n) is 3.35. The molecule has 0 aliphatic carbocycles. The van der Waals surface area contributed by atoms with Crippen molar-refractivity contribution in [3.63, 3.8) is 0 Å². The van der Waals surface area contributed by atoms with Crippen LogP contribution >= 0.6 is 11.3 Å². The van der Waals surface area contributed by atoms with Crippen LogP contribution in [0.15, 0.2) is 58.9 Å². The first-order valence-corrected chi connectivity index (χ1v) is 12.6. The molecule has 2 rings (SSSR count). The predicted molar refractivity (Wildman–Crippen MR) is 142 cm³/mol. The lowest BCUT2D eigenvalue weighted by Crippen LogP contribution is -2.28. The molecule has 0 atom stereocenters. The van der Waals surface area contributed by atoms with Crippen LogP contribution in [0.25, 0.3) is 6.08 Å². The maximum Gasteiger partial charge on any atom is 0.279 e. The van der Waals surface area contributed by atoms with E-state index >= 15 is 0 Å². The van der Waals surface area contributed by atoms with Crippen molar-refractivity contribution >= 4 is 23.2 Å². The van der Waals surface area contributed by atoms with E-state index in [1.54, 1.807) is 12.2 Å². The molecule has 3 N–H and O–H groups in total. The van der Waals surface area contributed by atoms with Crippen LogP contribution in [0.3, 0.4) is 0 Å². The fourth-order valence-corrected chi connectivity index (χ4v) is 4.18. The molecule has 1 aromatic carbocycles. The van der Waals surface area contributed by atoms with E-state index in [0.717, 1.165) is 55.2 Å². The van der Waals surface area contributed by atoms with Crippen molar-refractivity contribution < 1.29 is 4.74 Å². The summed E-state index contributed by atoms with van der Waals surface area (Å²) in [5.41, 5.74) is 12.3. The van der Waals surface area contributed by atoms with Crippen LogP contribution in [-0.4, -0.2) is 35.4 Å². The van der Waals surface area contributed by atoms with Crippen molar-refractivity contribution in [3.8, 4) is 10.9 Å². The van der Waals surface area contributed by atoms with Gasteiger partial charge in [-0.05, 0) is 75.5 Å². The van der Waals surface area contributed by atoms with Gasteiger partial charge in [0.15, 0.2) is 5.84 Å². The Balaban J connectivity index is 1.86. The summed E-state index contributed by atoms with van der Waals surface area (Å²) in [5.74, 6) is 6.43. The van der Waals surface area contributed by atoms with Gasteiger partial charge in [-0.15, -0.1) is 10.8 Å².